The number of carboxylic acids is 1. The van der Waals surface area contributed by atoms with Gasteiger partial charge in [0.15, 0.2) is 10.9 Å². The van der Waals surface area contributed by atoms with E-state index in [1.807, 2.05) is 0 Å². The molecule has 0 unspecified atom stereocenters. The molecular formula is C27H23N3O7S. The first-order valence-electron chi connectivity index (χ1n) is 12.0. The Morgan fingerprint density at radius 1 is 0.895 bits per heavy atom. The summed E-state index contributed by atoms with van der Waals surface area (Å²) in [6.07, 6.45) is 4.39. The molecule has 3 aliphatic rings. The number of nitrogens with one attached hydrogen (secondary N) is 1. The average Bonchev–Trinajstić information content (AvgIpc) is 2.90. The van der Waals surface area contributed by atoms with Crippen LogP contribution in [0, 0.1) is 10.4 Å². The third kappa shape index (κ3) is 4.61. The zero-order valence-electron chi connectivity index (χ0n) is 20.0. The third-order valence-corrected chi connectivity index (χ3v) is 7.60. The van der Waals surface area contributed by atoms with Crippen molar-refractivity contribution in [3.05, 3.63) is 102 Å². The molecular weight excluding hydrogens is 510 g/mol. The van der Waals surface area contributed by atoms with Gasteiger partial charge in [-0.15, -0.1) is 0 Å². The maximum absolute atomic E-state index is 13.7. The molecule has 194 valence electrons. The van der Waals surface area contributed by atoms with Gasteiger partial charge in [-0.05, 0) is 31.0 Å². The Labute approximate surface area is 215 Å². The lowest BCUT2D eigenvalue weighted by Crippen LogP contribution is -2.34. The smallest absolute Gasteiger partial charge is 0.337 e. The fourth-order valence-corrected chi connectivity index (χ4v) is 5.59. The van der Waals surface area contributed by atoms with Crippen LogP contribution in [0.1, 0.15) is 42.5 Å². The van der Waals surface area contributed by atoms with Crippen LogP contribution >= 0.6 is 0 Å². The molecule has 0 heterocycles. The van der Waals surface area contributed by atoms with Gasteiger partial charge < -0.3 is 5.11 Å². The number of carboxylic acid groups (broad SMARTS) is 1. The number of rotatable bonds is 5. The molecule has 0 aromatic heterocycles. The van der Waals surface area contributed by atoms with Crippen molar-refractivity contribution in [2.45, 2.75) is 43.0 Å². The molecule has 3 N–H and O–H groups in total. The van der Waals surface area contributed by atoms with Gasteiger partial charge in [-0.25, -0.2) is 4.79 Å². The Hall–Kier alpha value is -4.22. The van der Waals surface area contributed by atoms with Gasteiger partial charge in [0.2, 0.25) is 0 Å². The lowest BCUT2D eigenvalue weighted by molar-refractivity contribution is 0.0698. The molecule has 0 spiro atoms. The Balaban J connectivity index is 1.98. The van der Waals surface area contributed by atoms with Crippen molar-refractivity contribution in [1.29, 1.82) is 0 Å². The van der Waals surface area contributed by atoms with Crippen molar-refractivity contribution in [1.82, 2.24) is 0 Å². The van der Waals surface area contributed by atoms with Crippen LogP contribution in [0.2, 0.25) is 0 Å². The second kappa shape index (κ2) is 9.92. The van der Waals surface area contributed by atoms with Gasteiger partial charge in [-0.3, -0.25) is 24.6 Å². The van der Waals surface area contributed by atoms with E-state index < -0.39 is 37.2 Å². The molecule has 0 aliphatic heterocycles. The fourth-order valence-electron chi connectivity index (χ4n) is 4.93. The number of hydrogen-bond donors (Lipinski definition) is 3. The van der Waals surface area contributed by atoms with Crippen LogP contribution in [0.4, 0.5) is 5.69 Å². The van der Waals surface area contributed by atoms with Crippen molar-refractivity contribution in [3.63, 3.8) is 0 Å². The number of anilines is 1. The quantitative estimate of drug-likeness (QED) is 0.260. The number of benzene rings is 2. The van der Waals surface area contributed by atoms with E-state index in [2.05, 4.69) is 15.5 Å². The van der Waals surface area contributed by atoms with Crippen LogP contribution < -0.4 is 27.0 Å². The lowest BCUT2D eigenvalue weighted by Gasteiger charge is -2.17. The van der Waals surface area contributed by atoms with Crippen molar-refractivity contribution in [2.24, 2.45) is 10.1 Å². The van der Waals surface area contributed by atoms with Crippen LogP contribution in [-0.2, 0) is 10.1 Å². The highest BCUT2D eigenvalue weighted by Crippen LogP contribution is 2.20. The van der Waals surface area contributed by atoms with E-state index in [0.29, 0.717) is 0 Å². The number of carbonyl (C=O) groups is 1. The van der Waals surface area contributed by atoms with Crippen LogP contribution in [0.25, 0.3) is 10.8 Å². The molecule has 0 saturated heterocycles. The third-order valence-electron chi connectivity index (χ3n) is 6.73. The summed E-state index contributed by atoms with van der Waals surface area (Å²) >= 11 is 0. The topological polar surface area (TPSA) is 163 Å². The number of fused-ring (bicyclic) bond motifs is 1. The SMILES string of the molecule is O=C(O)c1ccccc1N/N=c1\c(S(=O)(=O)O)cc(=NC2CCCCC2)c2c(=O)c3ccccc3c(=O)c1=2. The predicted molar refractivity (Wildman–Crippen MR) is 139 cm³/mol. The van der Waals surface area contributed by atoms with Gasteiger partial charge in [0.1, 0.15) is 10.3 Å². The molecule has 1 saturated carbocycles. The normalized spacial score (nSPS) is 15.8. The molecule has 0 bridgehead atoms. The molecule has 2 aromatic rings. The van der Waals surface area contributed by atoms with Gasteiger partial charge >= 0.3 is 5.97 Å². The molecule has 0 radical (unpaired) electrons. The maximum Gasteiger partial charge on any atom is 0.337 e. The van der Waals surface area contributed by atoms with Gasteiger partial charge in [0.25, 0.3) is 10.1 Å². The first-order chi connectivity index (χ1) is 18.2. The van der Waals surface area contributed by atoms with Crippen LogP contribution in [0.5, 0.6) is 0 Å². The molecule has 0 amide bonds. The van der Waals surface area contributed by atoms with Gasteiger partial charge in [0.05, 0.1) is 33.1 Å². The molecule has 38 heavy (non-hydrogen) atoms. The lowest BCUT2D eigenvalue weighted by atomic mass is 9.96. The summed E-state index contributed by atoms with van der Waals surface area (Å²) < 4.78 is 35.2. The van der Waals surface area contributed by atoms with Crippen molar-refractivity contribution < 1.29 is 22.9 Å². The minimum Gasteiger partial charge on any atom is -0.478 e. The first kappa shape index (κ1) is 25.4. The van der Waals surface area contributed by atoms with E-state index in [9.17, 15) is 32.5 Å². The molecule has 10 nitrogen and oxygen atoms in total. The van der Waals surface area contributed by atoms with Crippen LogP contribution in [0.3, 0.4) is 0 Å². The number of aromatic carboxylic acids is 1. The largest absolute Gasteiger partial charge is 0.478 e. The Kier molecular flexibility index (Phi) is 6.64. The van der Waals surface area contributed by atoms with E-state index in [-0.39, 0.29) is 43.9 Å². The van der Waals surface area contributed by atoms with E-state index >= 15 is 0 Å². The minimum atomic E-state index is -4.95. The number of nitrogens with zero attached hydrogens (tertiary/aromatic N) is 2. The van der Waals surface area contributed by atoms with Crippen molar-refractivity contribution >= 4 is 32.5 Å². The maximum atomic E-state index is 13.7. The Bertz CT molecular complexity index is 1990. The standard InChI is InChI=1S/C27H23N3O7S/c31-25-16-10-4-5-11-17(16)26(32)23-22(25)20(28-15-8-2-1-3-9-15)14-21(38(35,36)37)24(23)30-29-19-13-7-6-12-18(19)27(33)34/h4-7,10-15,29H,1-3,8-9H2,(H,33,34)(H,35,36,37)/b28-20?,30-24+. The van der Waals surface area contributed by atoms with Gasteiger partial charge in [-0.1, -0.05) is 55.7 Å². The van der Waals surface area contributed by atoms with Gasteiger partial charge in [-0.2, -0.15) is 13.5 Å². The van der Waals surface area contributed by atoms with E-state index in [4.69, 9.17) is 0 Å². The summed E-state index contributed by atoms with van der Waals surface area (Å²) in [5.41, 5.74) is 1.19. The summed E-state index contributed by atoms with van der Waals surface area (Å²) in [6.45, 7) is 0. The fraction of sp³-hybridized carbons (Fsp3) is 0.222. The van der Waals surface area contributed by atoms with Crippen LogP contribution in [0.15, 0.2) is 79.2 Å². The summed E-state index contributed by atoms with van der Waals surface area (Å²) in [6, 6.07) is 12.8. The zero-order valence-corrected chi connectivity index (χ0v) is 20.9. The summed E-state index contributed by atoms with van der Waals surface area (Å²) in [5, 5.41) is 12.9. The second-order valence-corrected chi connectivity index (χ2v) is 10.6. The van der Waals surface area contributed by atoms with Crippen LogP contribution in [-0.4, -0.2) is 30.1 Å². The number of para-hydroxylation sites is 1. The molecule has 1 fully saturated rings. The Morgan fingerprint density at radius 2 is 1.50 bits per heavy atom. The molecule has 3 aliphatic carbocycles. The first-order valence-corrected chi connectivity index (χ1v) is 13.5. The average molecular weight is 534 g/mol. The van der Waals surface area contributed by atoms with E-state index in [1.54, 1.807) is 18.2 Å². The second-order valence-electron chi connectivity index (χ2n) is 9.17. The molecule has 5 rings (SSSR count). The molecule has 2 aromatic carbocycles. The highest BCUT2D eigenvalue weighted by molar-refractivity contribution is 7.85. The monoisotopic (exact) mass is 533 g/mol. The van der Waals surface area contributed by atoms with Gasteiger partial charge in [0, 0.05) is 10.8 Å². The molecule has 11 heteroatoms. The zero-order chi connectivity index (χ0) is 27.0. The minimum absolute atomic E-state index is 0.00253. The predicted octanol–water partition coefficient (Wildman–Crippen LogP) is 2.27. The highest BCUT2D eigenvalue weighted by atomic mass is 32.2. The van der Waals surface area contributed by atoms with Crippen molar-refractivity contribution in [3.8, 4) is 0 Å². The molecule has 0 atom stereocenters. The van der Waals surface area contributed by atoms with E-state index in [1.165, 1.54) is 30.3 Å². The van der Waals surface area contributed by atoms with Crippen molar-refractivity contribution in [2.75, 3.05) is 5.43 Å². The summed E-state index contributed by atoms with van der Waals surface area (Å²) in [7, 11) is -4.95. The highest BCUT2D eigenvalue weighted by Gasteiger charge is 2.21. The Morgan fingerprint density at radius 3 is 2.13 bits per heavy atom. The summed E-state index contributed by atoms with van der Waals surface area (Å²) in [5.74, 6) is -1.26. The number of hydrogen-bond acceptors (Lipinski definition) is 8. The summed E-state index contributed by atoms with van der Waals surface area (Å²) in [4.78, 5) is 43.0. The van der Waals surface area contributed by atoms with E-state index in [0.717, 1.165) is 38.2 Å².